The standard InChI is InChI=1S/C29H26ClF4NO4S/c1-17(27-24(30)8-5-9-25(27)31)14-20-11-13-26-28(19(20)3)35(16-22(39-26)12-10-18(2)36)40(37,38)23-7-4-6-21(15-23)29(32,33)34/h4-9,11,13-15,22H,10,12,16H2,1-3H3. The van der Waals surface area contributed by atoms with Crippen LogP contribution in [0.3, 0.4) is 0 Å². The van der Waals surface area contributed by atoms with E-state index in [4.69, 9.17) is 16.3 Å². The highest BCUT2D eigenvalue weighted by Gasteiger charge is 2.38. The number of alkyl halides is 3. The summed E-state index contributed by atoms with van der Waals surface area (Å²) in [6, 6.07) is 11.1. The first kappa shape index (κ1) is 29.6. The molecule has 5 nitrogen and oxygen atoms in total. The molecular weight excluding hydrogens is 570 g/mol. The minimum atomic E-state index is -4.74. The predicted molar refractivity (Wildman–Crippen MR) is 146 cm³/mol. The maximum absolute atomic E-state index is 14.5. The summed E-state index contributed by atoms with van der Waals surface area (Å²) < 4.78 is 89.6. The largest absolute Gasteiger partial charge is 0.486 e. The molecule has 1 atom stereocenters. The Morgan fingerprint density at radius 1 is 1.12 bits per heavy atom. The maximum atomic E-state index is 14.5. The third-order valence-corrected chi connectivity index (χ3v) is 8.72. The maximum Gasteiger partial charge on any atom is 0.416 e. The summed E-state index contributed by atoms with van der Waals surface area (Å²) in [4.78, 5) is 11.1. The number of anilines is 1. The molecule has 1 unspecified atom stereocenters. The first-order valence-corrected chi connectivity index (χ1v) is 14.1. The monoisotopic (exact) mass is 595 g/mol. The molecule has 11 heteroatoms. The molecule has 3 aromatic rings. The van der Waals surface area contributed by atoms with Crippen LogP contribution in [-0.2, 0) is 21.0 Å². The minimum Gasteiger partial charge on any atom is -0.486 e. The molecule has 0 aliphatic carbocycles. The van der Waals surface area contributed by atoms with Gasteiger partial charge in [0.25, 0.3) is 10.0 Å². The molecular formula is C29H26ClF4NO4S. The summed E-state index contributed by atoms with van der Waals surface area (Å²) in [6.07, 6.45) is -3.44. The van der Waals surface area contributed by atoms with Crippen molar-refractivity contribution in [3.8, 4) is 5.75 Å². The second-order valence-electron chi connectivity index (χ2n) is 9.59. The summed E-state index contributed by atoms with van der Waals surface area (Å²) in [5, 5.41) is 0.203. The number of ether oxygens (including phenoxy) is 1. The van der Waals surface area contributed by atoms with Crippen LogP contribution in [0.4, 0.5) is 23.2 Å². The average Bonchev–Trinajstić information content (AvgIpc) is 2.88. The number of fused-ring (bicyclic) bond motifs is 1. The van der Waals surface area contributed by atoms with Crippen LogP contribution >= 0.6 is 11.6 Å². The van der Waals surface area contributed by atoms with Crippen molar-refractivity contribution in [1.82, 2.24) is 0 Å². The first-order chi connectivity index (χ1) is 18.7. The van der Waals surface area contributed by atoms with E-state index in [1.807, 2.05) is 0 Å². The van der Waals surface area contributed by atoms with Crippen LogP contribution in [-0.4, -0.2) is 26.8 Å². The number of carbonyl (C=O) groups excluding carboxylic acids is 1. The van der Waals surface area contributed by atoms with Crippen molar-refractivity contribution < 1.29 is 35.5 Å². The Morgan fingerprint density at radius 3 is 2.48 bits per heavy atom. The van der Waals surface area contributed by atoms with Crippen LogP contribution in [0, 0.1) is 12.7 Å². The van der Waals surface area contributed by atoms with Gasteiger partial charge >= 0.3 is 6.18 Å². The topological polar surface area (TPSA) is 63.7 Å². The number of carbonyl (C=O) groups is 1. The SMILES string of the molecule is CC(=O)CCC1CN(S(=O)(=O)c2cccc(C(F)(F)F)c2)c2c(ccc(C=C(C)c3c(F)cccc3Cl)c2C)O1. The molecule has 1 aliphatic heterocycles. The summed E-state index contributed by atoms with van der Waals surface area (Å²) in [6.45, 7) is 4.50. The van der Waals surface area contributed by atoms with Crippen LogP contribution < -0.4 is 9.04 Å². The van der Waals surface area contributed by atoms with E-state index in [0.717, 1.165) is 22.5 Å². The van der Waals surface area contributed by atoms with E-state index in [-0.39, 0.29) is 47.2 Å². The molecule has 212 valence electrons. The Balaban J connectivity index is 1.86. The number of Topliss-reactive ketones (excluding diaryl/α,β-unsaturated/α-hetero) is 1. The summed E-state index contributed by atoms with van der Waals surface area (Å²) in [7, 11) is -4.50. The summed E-state index contributed by atoms with van der Waals surface area (Å²) in [5.74, 6) is -0.436. The highest BCUT2D eigenvalue weighted by atomic mass is 35.5. The van der Waals surface area contributed by atoms with Crippen molar-refractivity contribution in [1.29, 1.82) is 0 Å². The molecule has 1 aliphatic rings. The van der Waals surface area contributed by atoms with Crippen LogP contribution in [0.15, 0.2) is 59.5 Å². The number of rotatable bonds is 7. The number of ketones is 1. The summed E-state index contributed by atoms with van der Waals surface area (Å²) >= 11 is 6.22. The molecule has 40 heavy (non-hydrogen) atoms. The zero-order chi connectivity index (χ0) is 29.4. The zero-order valence-corrected chi connectivity index (χ0v) is 23.4. The van der Waals surface area contributed by atoms with E-state index in [0.29, 0.717) is 22.8 Å². The lowest BCUT2D eigenvalue weighted by Crippen LogP contribution is -2.44. The van der Waals surface area contributed by atoms with Crippen LogP contribution in [0.25, 0.3) is 11.6 Å². The minimum absolute atomic E-state index is 0.111. The smallest absolute Gasteiger partial charge is 0.416 e. The molecule has 3 aromatic carbocycles. The van der Waals surface area contributed by atoms with Gasteiger partial charge in [0.05, 0.1) is 27.7 Å². The number of hydrogen-bond acceptors (Lipinski definition) is 4. The Bertz CT molecular complexity index is 1580. The normalized spacial score (nSPS) is 15.9. The van der Waals surface area contributed by atoms with E-state index in [2.05, 4.69) is 0 Å². The average molecular weight is 596 g/mol. The quantitative estimate of drug-likeness (QED) is 0.207. The summed E-state index contributed by atoms with van der Waals surface area (Å²) in [5.41, 5.74) is 0.707. The van der Waals surface area contributed by atoms with Gasteiger partial charge in [-0.25, -0.2) is 12.8 Å². The van der Waals surface area contributed by atoms with Gasteiger partial charge in [-0.05, 0) is 80.3 Å². The third kappa shape index (κ3) is 6.02. The van der Waals surface area contributed by atoms with Gasteiger partial charge in [0.2, 0.25) is 0 Å². The molecule has 0 amide bonds. The van der Waals surface area contributed by atoms with Gasteiger partial charge in [0.1, 0.15) is 23.5 Å². The van der Waals surface area contributed by atoms with Gasteiger partial charge in [0, 0.05) is 12.0 Å². The molecule has 0 N–H and O–H groups in total. The second-order valence-corrected chi connectivity index (χ2v) is 11.9. The van der Waals surface area contributed by atoms with Crippen molar-refractivity contribution in [2.24, 2.45) is 0 Å². The van der Waals surface area contributed by atoms with E-state index in [1.54, 1.807) is 38.1 Å². The second kappa shape index (κ2) is 11.2. The van der Waals surface area contributed by atoms with E-state index in [1.165, 1.54) is 19.1 Å². The fourth-order valence-corrected chi connectivity index (χ4v) is 6.54. The molecule has 0 saturated carbocycles. The third-order valence-electron chi connectivity index (χ3n) is 6.65. The lowest BCUT2D eigenvalue weighted by molar-refractivity contribution is -0.137. The van der Waals surface area contributed by atoms with Gasteiger partial charge in [0.15, 0.2) is 0 Å². The Morgan fingerprint density at radius 2 is 1.82 bits per heavy atom. The molecule has 0 bridgehead atoms. The van der Waals surface area contributed by atoms with Crippen LogP contribution in [0.1, 0.15) is 48.9 Å². The van der Waals surface area contributed by atoms with Crippen molar-refractivity contribution in [2.45, 2.75) is 50.8 Å². The molecule has 4 rings (SSSR count). The molecule has 0 aromatic heterocycles. The molecule has 0 spiro atoms. The van der Waals surface area contributed by atoms with Crippen LogP contribution in [0.2, 0.25) is 5.02 Å². The van der Waals surface area contributed by atoms with Gasteiger partial charge < -0.3 is 9.53 Å². The number of benzene rings is 3. The van der Waals surface area contributed by atoms with Gasteiger partial charge in [-0.15, -0.1) is 0 Å². The van der Waals surface area contributed by atoms with Crippen LogP contribution in [0.5, 0.6) is 5.75 Å². The Kier molecular flexibility index (Phi) is 8.33. The van der Waals surface area contributed by atoms with E-state index >= 15 is 0 Å². The molecule has 0 saturated heterocycles. The number of hydrogen-bond donors (Lipinski definition) is 0. The highest BCUT2D eigenvalue weighted by Crippen LogP contribution is 2.43. The highest BCUT2D eigenvalue weighted by molar-refractivity contribution is 7.92. The number of nitrogens with zero attached hydrogens (tertiary/aromatic N) is 1. The van der Waals surface area contributed by atoms with Crippen molar-refractivity contribution in [3.05, 3.63) is 87.7 Å². The predicted octanol–water partition coefficient (Wildman–Crippen LogP) is 7.69. The Labute approximate surface area is 235 Å². The number of allylic oxidation sites excluding steroid dienone is 1. The lowest BCUT2D eigenvalue weighted by Gasteiger charge is -2.37. The van der Waals surface area contributed by atoms with Gasteiger partial charge in [-0.1, -0.05) is 35.9 Å². The Hall–Kier alpha value is -3.37. The molecule has 0 fully saturated rings. The first-order valence-electron chi connectivity index (χ1n) is 12.3. The number of sulfonamides is 1. The lowest BCUT2D eigenvalue weighted by atomic mass is 9.98. The van der Waals surface area contributed by atoms with Gasteiger partial charge in [-0.3, -0.25) is 4.31 Å². The van der Waals surface area contributed by atoms with Gasteiger partial charge in [-0.2, -0.15) is 13.2 Å². The number of halogens is 5. The molecule has 0 radical (unpaired) electrons. The zero-order valence-electron chi connectivity index (χ0n) is 21.9. The fraction of sp³-hybridized carbons (Fsp3) is 0.276. The van der Waals surface area contributed by atoms with E-state index < -0.39 is 38.6 Å². The van der Waals surface area contributed by atoms with Crippen molar-refractivity contribution in [2.75, 3.05) is 10.8 Å². The fourth-order valence-electron chi connectivity index (χ4n) is 4.62. The molecule has 1 heterocycles. The van der Waals surface area contributed by atoms with E-state index in [9.17, 15) is 30.8 Å². The van der Waals surface area contributed by atoms with Crippen molar-refractivity contribution >= 4 is 44.7 Å². The van der Waals surface area contributed by atoms with Crippen molar-refractivity contribution in [3.63, 3.8) is 0 Å².